The third kappa shape index (κ3) is 5.36. The van der Waals surface area contributed by atoms with Crippen LogP contribution in [0.1, 0.15) is 41.1 Å². The van der Waals surface area contributed by atoms with Gasteiger partial charge in [0.15, 0.2) is 0 Å². The summed E-state index contributed by atoms with van der Waals surface area (Å²) in [6, 6.07) is 21.6. The molecule has 1 aliphatic heterocycles. The number of carboxylic acids is 1. The van der Waals surface area contributed by atoms with Crippen LogP contribution in [0.15, 0.2) is 66.7 Å². The van der Waals surface area contributed by atoms with Gasteiger partial charge in [-0.2, -0.15) is 5.26 Å². The van der Waals surface area contributed by atoms with E-state index in [2.05, 4.69) is 28.9 Å². The monoisotopic (exact) mass is 458 g/mol. The summed E-state index contributed by atoms with van der Waals surface area (Å²) in [4.78, 5) is 10.9. The molecule has 6 nitrogen and oxygen atoms in total. The zero-order chi connectivity index (χ0) is 24.1. The maximum atomic E-state index is 14.1. The van der Waals surface area contributed by atoms with Crippen LogP contribution in [0.3, 0.4) is 0 Å². The largest absolute Gasteiger partial charge is 0.481 e. The number of nitrogens with zero attached hydrogens (tertiary/aromatic N) is 1. The van der Waals surface area contributed by atoms with E-state index in [1.54, 1.807) is 12.1 Å². The molecule has 0 fully saturated rings. The molecule has 1 aliphatic rings. The predicted octanol–water partition coefficient (Wildman–Crippen LogP) is 4.67. The lowest BCUT2D eigenvalue weighted by Gasteiger charge is -2.36. The zero-order valence-corrected chi connectivity index (χ0v) is 18.9. The number of hydrogen-bond donors (Lipinski definition) is 4. The normalized spacial score (nSPS) is 16.3. The number of nitrogens with one attached hydrogen (secondary N) is 3. The summed E-state index contributed by atoms with van der Waals surface area (Å²) in [7, 11) is 0. The first-order valence-corrected chi connectivity index (χ1v) is 11.3. The number of rotatable bonds is 8. The van der Waals surface area contributed by atoms with Crippen molar-refractivity contribution in [3.05, 3.63) is 94.8 Å². The standard InChI is InChI=1S/C27H27FN4O2/c1-17(19-10-8-18(9-11-19)12-25(33)34)15-31-26(20-4-2-6-22(28)13-20)24-16-30-23-7-3-5-21(14-29)27(23)32-24/h2-11,13,17,24,26,30-32H,12,15-16H2,1H3,(H,33,34)/t17-,24+,26+/m0/s1. The lowest BCUT2D eigenvalue weighted by Crippen LogP contribution is -2.45. The van der Waals surface area contributed by atoms with Crippen LogP contribution in [0.25, 0.3) is 0 Å². The van der Waals surface area contributed by atoms with Crippen LogP contribution in [0.4, 0.5) is 15.8 Å². The number of aliphatic carboxylic acids is 1. The molecule has 1 heterocycles. The summed E-state index contributed by atoms with van der Waals surface area (Å²) >= 11 is 0. The quantitative estimate of drug-likeness (QED) is 0.392. The Morgan fingerprint density at radius 2 is 1.94 bits per heavy atom. The molecule has 7 heteroatoms. The van der Waals surface area contributed by atoms with Crippen LogP contribution in [0, 0.1) is 17.1 Å². The van der Waals surface area contributed by atoms with Gasteiger partial charge in [0.25, 0.3) is 0 Å². The maximum Gasteiger partial charge on any atom is 0.307 e. The number of para-hydroxylation sites is 1. The fourth-order valence-corrected chi connectivity index (χ4v) is 4.36. The molecule has 0 saturated carbocycles. The van der Waals surface area contributed by atoms with E-state index >= 15 is 0 Å². The number of carbonyl (C=O) groups is 1. The summed E-state index contributed by atoms with van der Waals surface area (Å²) in [5, 5.41) is 29.0. The highest BCUT2D eigenvalue weighted by molar-refractivity contribution is 5.77. The van der Waals surface area contributed by atoms with E-state index in [-0.39, 0.29) is 30.2 Å². The molecule has 0 unspecified atom stereocenters. The number of carboxylic acid groups (broad SMARTS) is 1. The fourth-order valence-electron chi connectivity index (χ4n) is 4.36. The van der Waals surface area contributed by atoms with Crippen LogP contribution >= 0.6 is 0 Å². The van der Waals surface area contributed by atoms with Gasteiger partial charge in [0.05, 0.1) is 35.4 Å². The van der Waals surface area contributed by atoms with Crippen molar-refractivity contribution in [2.45, 2.75) is 31.3 Å². The van der Waals surface area contributed by atoms with E-state index in [0.29, 0.717) is 18.7 Å². The molecule has 0 saturated heterocycles. The summed E-state index contributed by atoms with van der Waals surface area (Å²) in [5.74, 6) is -1.00. The highest BCUT2D eigenvalue weighted by atomic mass is 19.1. The first-order valence-electron chi connectivity index (χ1n) is 11.3. The van der Waals surface area contributed by atoms with Gasteiger partial charge >= 0.3 is 5.97 Å². The van der Waals surface area contributed by atoms with Crippen molar-refractivity contribution in [1.82, 2.24) is 5.32 Å². The topological polar surface area (TPSA) is 97.2 Å². The van der Waals surface area contributed by atoms with Crippen molar-refractivity contribution in [2.24, 2.45) is 0 Å². The molecule has 0 amide bonds. The van der Waals surface area contributed by atoms with Crippen molar-refractivity contribution < 1.29 is 14.3 Å². The minimum atomic E-state index is -0.852. The molecule has 0 bridgehead atoms. The summed E-state index contributed by atoms with van der Waals surface area (Å²) in [6.45, 7) is 3.33. The van der Waals surface area contributed by atoms with Crippen molar-refractivity contribution in [3.8, 4) is 6.07 Å². The van der Waals surface area contributed by atoms with E-state index in [1.165, 1.54) is 12.1 Å². The van der Waals surface area contributed by atoms with Crippen molar-refractivity contribution in [1.29, 1.82) is 5.26 Å². The van der Waals surface area contributed by atoms with Gasteiger partial charge in [0, 0.05) is 13.1 Å². The Balaban J connectivity index is 1.53. The molecule has 0 aliphatic carbocycles. The molecule has 34 heavy (non-hydrogen) atoms. The van der Waals surface area contributed by atoms with Gasteiger partial charge in [-0.1, -0.05) is 49.4 Å². The van der Waals surface area contributed by atoms with Crippen LogP contribution in [0.2, 0.25) is 0 Å². The Morgan fingerprint density at radius 1 is 1.18 bits per heavy atom. The van der Waals surface area contributed by atoms with Crippen molar-refractivity contribution in [3.63, 3.8) is 0 Å². The van der Waals surface area contributed by atoms with Gasteiger partial charge in [-0.15, -0.1) is 0 Å². The molecule has 3 atom stereocenters. The van der Waals surface area contributed by atoms with Crippen LogP contribution in [-0.4, -0.2) is 30.2 Å². The molecular formula is C27H27FN4O2. The molecule has 0 aromatic heterocycles. The number of halogens is 1. The lowest BCUT2D eigenvalue weighted by atomic mass is 9.94. The first-order chi connectivity index (χ1) is 16.4. The Labute approximate surface area is 198 Å². The number of hydrogen-bond acceptors (Lipinski definition) is 5. The second kappa shape index (κ2) is 10.4. The number of nitriles is 1. The summed E-state index contributed by atoms with van der Waals surface area (Å²) in [6.07, 6.45) is 0.00106. The third-order valence-electron chi connectivity index (χ3n) is 6.19. The minimum absolute atomic E-state index is 0.00106. The molecule has 0 spiro atoms. The van der Waals surface area contributed by atoms with E-state index in [9.17, 15) is 14.4 Å². The average Bonchev–Trinajstić information content (AvgIpc) is 2.83. The Hall–Kier alpha value is -3.89. The molecule has 3 aromatic carbocycles. The van der Waals surface area contributed by atoms with Gasteiger partial charge in [-0.25, -0.2) is 4.39 Å². The fraction of sp³-hybridized carbons (Fsp3) is 0.259. The highest BCUT2D eigenvalue weighted by Crippen LogP contribution is 2.33. The second-order valence-corrected chi connectivity index (χ2v) is 8.63. The van der Waals surface area contributed by atoms with Crippen molar-refractivity contribution in [2.75, 3.05) is 23.7 Å². The zero-order valence-electron chi connectivity index (χ0n) is 18.9. The second-order valence-electron chi connectivity index (χ2n) is 8.63. The number of anilines is 2. The van der Waals surface area contributed by atoms with Gasteiger partial charge in [-0.3, -0.25) is 4.79 Å². The maximum absolute atomic E-state index is 14.1. The van der Waals surface area contributed by atoms with Crippen LogP contribution in [0.5, 0.6) is 0 Å². The Morgan fingerprint density at radius 3 is 2.65 bits per heavy atom. The molecule has 3 aromatic rings. The molecule has 4 rings (SSSR count). The smallest absolute Gasteiger partial charge is 0.307 e. The first kappa shape index (κ1) is 23.3. The van der Waals surface area contributed by atoms with Crippen molar-refractivity contribution >= 4 is 17.3 Å². The van der Waals surface area contributed by atoms with E-state index in [4.69, 9.17) is 5.11 Å². The van der Waals surface area contributed by atoms with Gasteiger partial charge in [-0.05, 0) is 46.9 Å². The third-order valence-corrected chi connectivity index (χ3v) is 6.19. The van der Waals surface area contributed by atoms with Gasteiger partial charge in [0.2, 0.25) is 0 Å². The minimum Gasteiger partial charge on any atom is -0.481 e. The summed E-state index contributed by atoms with van der Waals surface area (Å²) in [5.41, 5.74) is 4.86. The molecular weight excluding hydrogens is 431 g/mol. The highest BCUT2D eigenvalue weighted by Gasteiger charge is 2.28. The SMILES string of the molecule is C[C@@H](CN[C@H](c1cccc(F)c1)[C@H]1CNc2cccc(C#N)c2N1)c1ccc(CC(=O)O)cc1. The van der Waals surface area contributed by atoms with Gasteiger partial charge in [0.1, 0.15) is 11.9 Å². The predicted molar refractivity (Wildman–Crippen MR) is 130 cm³/mol. The lowest BCUT2D eigenvalue weighted by molar-refractivity contribution is -0.136. The number of fused-ring (bicyclic) bond motifs is 1. The van der Waals surface area contributed by atoms with E-state index in [0.717, 1.165) is 28.1 Å². The Bertz CT molecular complexity index is 1210. The van der Waals surface area contributed by atoms with E-state index in [1.807, 2.05) is 42.5 Å². The van der Waals surface area contributed by atoms with Crippen LogP contribution in [-0.2, 0) is 11.2 Å². The van der Waals surface area contributed by atoms with Crippen LogP contribution < -0.4 is 16.0 Å². The average molecular weight is 459 g/mol. The van der Waals surface area contributed by atoms with Gasteiger partial charge < -0.3 is 21.1 Å². The van der Waals surface area contributed by atoms with E-state index < -0.39 is 5.97 Å². The molecule has 174 valence electrons. The number of benzene rings is 3. The summed E-state index contributed by atoms with van der Waals surface area (Å²) < 4.78 is 14.1. The molecule has 4 N–H and O–H groups in total. The molecule has 0 radical (unpaired) electrons. The Kier molecular flexibility index (Phi) is 7.09.